The Morgan fingerprint density at radius 2 is 1.91 bits per heavy atom. The van der Waals surface area contributed by atoms with Crippen LogP contribution in [0.1, 0.15) is 31.7 Å². The van der Waals surface area contributed by atoms with Gasteiger partial charge in [0.2, 0.25) is 5.91 Å². The van der Waals surface area contributed by atoms with Crippen LogP contribution in [-0.4, -0.2) is 18.2 Å². The van der Waals surface area contributed by atoms with Gasteiger partial charge in [-0.25, -0.2) is 0 Å². The SMILES string of the molecule is CC(=O)/C=C/C=C\CCNC(=O)CCCc1ccc(N)cc1. The molecule has 0 saturated carbocycles. The number of anilines is 1. The van der Waals surface area contributed by atoms with Crippen LogP contribution in [0.4, 0.5) is 5.69 Å². The number of carbonyl (C=O) groups is 2. The number of carbonyl (C=O) groups excluding carboxylic acids is 2. The molecule has 22 heavy (non-hydrogen) atoms. The Kier molecular flexibility index (Phi) is 8.35. The molecule has 1 amide bonds. The first kappa shape index (κ1) is 17.7. The Labute approximate surface area is 132 Å². The quantitative estimate of drug-likeness (QED) is 0.319. The van der Waals surface area contributed by atoms with Gasteiger partial charge in [-0.3, -0.25) is 9.59 Å². The summed E-state index contributed by atoms with van der Waals surface area (Å²) >= 11 is 0. The monoisotopic (exact) mass is 300 g/mol. The summed E-state index contributed by atoms with van der Waals surface area (Å²) in [7, 11) is 0. The van der Waals surface area contributed by atoms with Gasteiger partial charge in [0.1, 0.15) is 0 Å². The molecule has 0 heterocycles. The average Bonchev–Trinajstić information content (AvgIpc) is 2.48. The number of benzene rings is 1. The van der Waals surface area contributed by atoms with Crippen LogP contribution in [0.25, 0.3) is 0 Å². The van der Waals surface area contributed by atoms with E-state index in [1.54, 1.807) is 6.08 Å². The molecule has 1 rings (SSSR count). The second-order valence-electron chi connectivity index (χ2n) is 5.13. The number of nitrogens with two attached hydrogens (primary N) is 1. The topological polar surface area (TPSA) is 72.2 Å². The lowest BCUT2D eigenvalue weighted by Crippen LogP contribution is -2.23. The Morgan fingerprint density at radius 3 is 2.59 bits per heavy atom. The molecule has 0 saturated heterocycles. The number of hydrogen-bond donors (Lipinski definition) is 2. The van der Waals surface area contributed by atoms with Crippen LogP contribution in [0.2, 0.25) is 0 Å². The summed E-state index contributed by atoms with van der Waals surface area (Å²) in [6.45, 7) is 2.13. The third-order valence-corrected chi connectivity index (χ3v) is 3.06. The van der Waals surface area contributed by atoms with Crippen LogP contribution >= 0.6 is 0 Å². The number of amides is 1. The second-order valence-corrected chi connectivity index (χ2v) is 5.13. The van der Waals surface area contributed by atoms with Crippen molar-refractivity contribution in [1.82, 2.24) is 5.32 Å². The van der Waals surface area contributed by atoms with Crippen molar-refractivity contribution in [3.8, 4) is 0 Å². The van der Waals surface area contributed by atoms with Crippen LogP contribution in [0.5, 0.6) is 0 Å². The normalized spacial score (nSPS) is 11.1. The lowest BCUT2D eigenvalue weighted by molar-refractivity contribution is -0.121. The van der Waals surface area contributed by atoms with Crippen molar-refractivity contribution in [1.29, 1.82) is 0 Å². The molecule has 0 aromatic heterocycles. The van der Waals surface area contributed by atoms with Crippen LogP contribution in [0, 0.1) is 0 Å². The van der Waals surface area contributed by atoms with E-state index < -0.39 is 0 Å². The summed E-state index contributed by atoms with van der Waals surface area (Å²) in [5, 5.41) is 2.88. The molecule has 118 valence electrons. The van der Waals surface area contributed by atoms with Gasteiger partial charge in [-0.05, 0) is 50.0 Å². The summed E-state index contributed by atoms with van der Waals surface area (Å²) in [6, 6.07) is 7.74. The minimum atomic E-state index is 0.0269. The van der Waals surface area contributed by atoms with Crippen LogP contribution < -0.4 is 11.1 Å². The summed E-state index contributed by atoms with van der Waals surface area (Å²) < 4.78 is 0. The third kappa shape index (κ3) is 8.74. The highest BCUT2D eigenvalue weighted by atomic mass is 16.1. The molecule has 4 heteroatoms. The lowest BCUT2D eigenvalue weighted by atomic mass is 10.1. The second kappa shape index (κ2) is 10.4. The van der Waals surface area contributed by atoms with Gasteiger partial charge < -0.3 is 11.1 Å². The zero-order valence-corrected chi connectivity index (χ0v) is 13.0. The van der Waals surface area contributed by atoms with Crippen LogP contribution in [-0.2, 0) is 16.0 Å². The first-order valence-electron chi connectivity index (χ1n) is 7.53. The molecule has 1 aromatic rings. The number of nitrogens with one attached hydrogen (secondary N) is 1. The Hall–Kier alpha value is -2.36. The van der Waals surface area contributed by atoms with Crippen LogP contribution in [0.15, 0.2) is 48.6 Å². The zero-order chi connectivity index (χ0) is 16.2. The van der Waals surface area contributed by atoms with Gasteiger partial charge in [-0.1, -0.05) is 30.4 Å². The Bertz CT molecular complexity index is 531. The highest BCUT2D eigenvalue weighted by Crippen LogP contribution is 2.08. The van der Waals surface area contributed by atoms with Gasteiger partial charge in [0.05, 0.1) is 0 Å². The van der Waals surface area contributed by atoms with E-state index in [0.29, 0.717) is 13.0 Å². The molecule has 0 fully saturated rings. The van der Waals surface area contributed by atoms with Crippen molar-refractivity contribution < 1.29 is 9.59 Å². The molecule has 0 bridgehead atoms. The van der Waals surface area contributed by atoms with E-state index in [0.717, 1.165) is 24.9 Å². The van der Waals surface area contributed by atoms with Crippen molar-refractivity contribution in [3.05, 3.63) is 54.1 Å². The fourth-order valence-electron chi connectivity index (χ4n) is 1.89. The molecular weight excluding hydrogens is 276 g/mol. The highest BCUT2D eigenvalue weighted by molar-refractivity contribution is 5.87. The maximum absolute atomic E-state index is 11.7. The molecule has 0 radical (unpaired) electrons. The van der Waals surface area contributed by atoms with Crippen molar-refractivity contribution in [2.75, 3.05) is 12.3 Å². The van der Waals surface area contributed by atoms with Gasteiger partial charge in [0.15, 0.2) is 5.78 Å². The first-order valence-corrected chi connectivity index (χ1v) is 7.53. The smallest absolute Gasteiger partial charge is 0.220 e. The van der Waals surface area contributed by atoms with E-state index in [2.05, 4.69) is 5.32 Å². The van der Waals surface area contributed by atoms with Crippen LogP contribution in [0.3, 0.4) is 0 Å². The predicted octanol–water partition coefficient (Wildman–Crippen LogP) is 2.80. The minimum absolute atomic E-state index is 0.0269. The van der Waals surface area contributed by atoms with Crippen molar-refractivity contribution >= 4 is 17.4 Å². The van der Waals surface area contributed by atoms with Gasteiger partial charge in [-0.2, -0.15) is 0 Å². The number of nitrogen functional groups attached to an aromatic ring is 1. The third-order valence-electron chi connectivity index (χ3n) is 3.06. The molecule has 0 aliphatic rings. The average molecular weight is 300 g/mol. The molecule has 0 spiro atoms. The van der Waals surface area contributed by atoms with E-state index in [9.17, 15) is 9.59 Å². The van der Waals surface area contributed by atoms with E-state index in [4.69, 9.17) is 5.73 Å². The molecule has 0 aliphatic heterocycles. The van der Waals surface area contributed by atoms with Gasteiger partial charge >= 0.3 is 0 Å². The first-order chi connectivity index (χ1) is 10.6. The molecule has 0 aliphatic carbocycles. The summed E-state index contributed by atoms with van der Waals surface area (Å²) in [6.07, 6.45) is 9.94. The predicted molar refractivity (Wildman–Crippen MR) is 90.4 cm³/mol. The molecule has 3 N–H and O–H groups in total. The largest absolute Gasteiger partial charge is 0.399 e. The molecule has 0 unspecified atom stereocenters. The maximum Gasteiger partial charge on any atom is 0.220 e. The van der Waals surface area contributed by atoms with E-state index in [-0.39, 0.29) is 11.7 Å². The molecule has 4 nitrogen and oxygen atoms in total. The Morgan fingerprint density at radius 1 is 1.18 bits per heavy atom. The van der Waals surface area contributed by atoms with Crippen molar-refractivity contribution in [2.45, 2.75) is 32.6 Å². The number of rotatable bonds is 9. The van der Waals surface area contributed by atoms with Gasteiger partial charge in [0, 0.05) is 18.7 Å². The zero-order valence-electron chi connectivity index (χ0n) is 13.0. The minimum Gasteiger partial charge on any atom is -0.399 e. The fraction of sp³-hybridized carbons (Fsp3) is 0.333. The number of ketones is 1. The van der Waals surface area contributed by atoms with E-state index in [1.165, 1.54) is 18.6 Å². The molecule has 1 aromatic carbocycles. The van der Waals surface area contributed by atoms with Crippen molar-refractivity contribution in [3.63, 3.8) is 0 Å². The fourth-order valence-corrected chi connectivity index (χ4v) is 1.89. The maximum atomic E-state index is 11.7. The summed E-state index contributed by atoms with van der Waals surface area (Å²) in [4.78, 5) is 22.3. The van der Waals surface area contributed by atoms with E-state index >= 15 is 0 Å². The molecular formula is C18H24N2O2. The van der Waals surface area contributed by atoms with Crippen molar-refractivity contribution in [2.24, 2.45) is 0 Å². The summed E-state index contributed by atoms with van der Waals surface area (Å²) in [5.74, 6) is 0.0992. The Balaban J connectivity index is 2.08. The van der Waals surface area contributed by atoms with Gasteiger partial charge in [0.25, 0.3) is 0 Å². The van der Waals surface area contributed by atoms with Gasteiger partial charge in [-0.15, -0.1) is 0 Å². The molecule has 0 atom stereocenters. The number of hydrogen-bond acceptors (Lipinski definition) is 3. The lowest BCUT2D eigenvalue weighted by Gasteiger charge is -2.04. The summed E-state index contributed by atoms with van der Waals surface area (Å²) in [5.41, 5.74) is 7.58. The number of aryl methyl sites for hydroxylation is 1. The highest BCUT2D eigenvalue weighted by Gasteiger charge is 2.00. The number of allylic oxidation sites excluding steroid dienone is 3. The standard InChI is InChI=1S/C18H24N2O2/c1-15(21)7-4-2-3-5-14-20-18(22)9-6-8-16-10-12-17(19)13-11-16/h2-4,7,10-13H,5-6,8-9,14,19H2,1H3,(H,20,22)/b3-2-,7-4+. The van der Waals surface area contributed by atoms with E-state index in [1.807, 2.05) is 36.4 Å².